The van der Waals surface area contributed by atoms with Gasteiger partial charge < -0.3 is 4.74 Å². The average Bonchev–Trinajstić information content (AvgIpc) is 3.03. The van der Waals surface area contributed by atoms with Crippen LogP contribution in [-0.4, -0.2) is 16.6 Å². The molecule has 1 aromatic carbocycles. The van der Waals surface area contributed by atoms with E-state index in [1.165, 1.54) is 147 Å². The molecule has 2 aromatic rings. The van der Waals surface area contributed by atoms with Crippen molar-refractivity contribution in [1.29, 1.82) is 0 Å². The fourth-order valence-corrected chi connectivity index (χ4v) is 6.68. The van der Waals surface area contributed by atoms with E-state index in [1.807, 2.05) is 12.4 Å². The molecule has 0 unspecified atom stereocenters. The van der Waals surface area contributed by atoms with E-state index in [1.54, 1.807) is 0 Å². The normalized spacial score (nSPS) is 17.0. The number of aryl methyl sites for hydroxylation is 1. The standard InChI is InChI=1S/C39H64N2O/c1-3-5-7-9-11-12-13-15-17-19-31-42-38-29-27-37(28-30-38)39-40-32-36(33-41-39)26-25-35-23-21-34(22-24-35)20-18-16-14-10-8-6-4-2/h27-30,32-35H,3-26,31H2,1-2H3. The van der Waals surface area contributed by atoms with Gasteiger partial charge in [0.25, 0.3) is 0 Å². The lowest BCUT2D eigenvalue weighted by atomic mass is 9.78. The summed E-state index contributed by atoms with van der Waals surface area (Å²) in [5.41, 5.74) is 2.34. The topological polar surface area (TPSA) is 35.0 Å². The first-order valence-electron chi connectivity index (χ1n) is 18.3. The number of aromatic nitrogens is 2. The highest BCUT2D eigenvalue weighted by Gasteiger charge is 2.20. The van der Waals surface area contributed by atoms with Gasteiger partial charge in [-0.1, -0.05) is 149 Å². The summed E-state index contributed by atoms with van der Waals surface area (Å²) in [7, 11) is 0. The first-order valence-corrected chi connectivity index (χ1v) is 18.3. The Labute approximate surface area is 260 Å². The third-order valence-corrected chi connectivity index (χ3v) is 9.61. The summed E-state index contributed by atoms with van der Waals surface area (Å²) >= 11 is 0. The number of hydrogen-bond donors (Lipinski definition) is 0. The fourth-order valence-electron chi connectivity index (χ4n) is 6.68. The van der Waals surface area contributed by atoms with Crippen LogP contribution in [0.1, 0.15) is 167 Å². The zero-order valence-electron chi connectivity index (χ0n) is 27.6. The van der Waals surface area contributed by atoms with E-state index >= 15 is 0 Å². The van der Waals surface area contributed by atoms with Gasteiger partial charge >= 0.3 is 0 Å². The van der Waals surface area contributed by atoms with Crippen LogP contribution in [0.25, 0.3) is 11.4 Å². The van der Waals surface area contributed by atoms with E-state index in [4.69, 9.17) is 14.7 Å². The smallest absolute Gasteiger partial charge is 0.159 e. The summed E-state index contributed by atoms with van der Waals surface area (Å²) in [6, 6.07) is 8.31. The van der Waals surface area contributed by atoms with Crippen molar-refractivity contribution in [2.75, 3.05) is 6.61 Å². The van der Waals surface area contributed by atoms with Crippen molar-refractivity contribution in [3.05, 3.63) is 42.2 Å². The van der Waals surface area contributed by atoms with Crippen LogP contribution in [0, 0.1) is 11.8 Å². The van der Waals surface area contributed by atoms with Gasteiger partial charge in [-0.2, -0.15) is 0 Å². The predicted octanol–water partition coefficient (Wildman–Crippen LogP) is 12.3. The highest BCUT2D eigenvalue weighted by molar-refractivity contribution is 5.55. The van der Waals surface area contributed by atoms with Crippen LogP contribution in [0.5, 0.6) is 5.75 Å². The van der Waals surface area contributed by atoms with E-state index in [9.17, 15) is 0 Å². The highest BCUT2D eigenvalue weighted by atomic mass is 16.5. The minimum absolute atomic E-state index is 0.807. The van der Waals surface area contributed by atoms with Crippen LogP contribution in [0.2, 0.25) is 0 Å². The summed E-state index contributed by atoms with van der Waals surface area (Å²) in [6.45, 7) is 5.39. The maximum Gasteiger partial charge on any atom is 0.159 e. The molecule has 0 aliphatic heterocycles. The molecular weight excluding hydrogens is 512 g/mol. The summed E-state index contributed by atoms with van der Waals surface area (Å²) in [6.07, 6.45) is 37.3. The molecule has 236 valence electrons. The lowest BCUT2D eigenvalue weighted by molar-refractivity contribution is 0.248. The lowest BCUT2D eigenvalue weighted by Gasteiger charge is -2.28. The van der Waals surface area contributed by atoms with Crippen molar-refractivity contribution in [1.82, 2.24) is 9.97 Å². The molecule has 0 N–H and O–H groups in total. The minimum atomic E-state index is 0.807. The SMILES string of the molecule is CCCCCCCCCCCCOc1ccc(-c2ncc(CCC3CCC(CCCCCCCCC)CC3)cn2)cc1. The van der Waals surface area contributed by atoms with Gasteiger partial charge in [0.2, 0.25) is 0 Å². The zero-order valence-corrected chi connectivity index (χ0v) is 27.6. The second-order valence-electron chi connectivity index (χ2n) is 13.3. The second kappa shape index (κ2) is 22.6. The van der Waals surface area contributed by atoms with Crippen LogP contribution in [-0.2, 0) is 6.42 Å². The monoisotopic (exact) mass is 577 g/mol. The Hall–Kier alpha value is -1.90. The number of nitrogens with zero attached hydrogens (tertiary/aromatic N) is 2. The molecule has 0 saturated heterocycles. The molecule has 0 amide bonds. The fraction of sp³-hybridized carbons (Fsp3) is 0.744. The minimum Gasteiger partial charge on any atom is -0.494 e. The van der Waals surface area contributed by atoms with Crippen LogP contribution < -0.4 is 4.74 Å². The van der Waals surface area contributed by atoms with E-state index in [0.717, 1.165) is 48.4 Å². The zero-order chi connectivity index (χ0) is 29.5. The second-order valence-corrected chi connectivity index (χ2v) is 13.3. The molecule has 3 rings (SSSR count). The summed E-state index contributed by atoms with van der Waals surface area (Å²) < 4.78 is 5.98. The molecular formula is C39H64N2O. The Morgan fingerprint density at radius 3 is 1.60 bits per heavy atom. The number of unbranched alkanes of at least 4 members (excludes halogenated alkanes) is 15. The predicted molar refractivity (Wildman–Crippen MR) is 181 cm³/mol. The molecule has 1 aromatic heterocycles. The molecule has 0 radical (unpaired) electrons. The maximum absolute atomic E-state index is 5.98. The summed E-state index contributed by atoms with van der Waals surface area (Å²) in [5.74, 6) is 3.65. The molecule has 1 aliphatic carbocycles. The number of rotatable bonds is 24. The number of hydrogen-bond acceptors (Lipinski definition) is 3. The van der Waals surface area contributed by atoms with Crippen molar-refractivity contribution in [3.8, 4) is 17.1 Å². The van der Waals surface area contributed by atoms with Crippen molar-refractivity contribution < 1.29 is 4.74 Å². The molecule has 1 aliphatic rings. The number of ether oxygens (including phenoxy) is 1. The summed E-state index contributed by atoms with van der Waals surface area (Å²) in [4.78, 5) is 9.40. The van der Waals surface area contributed by atoms with Gasteiger partial charge in [0.1, 0.15) is 5.75 Å². The first kappa shape index (κ1) is 34.6. The quantitative estimate of drug-likeness (QED) is 0.117. The molecule has 42 heavy (non-hydrogen) atoms. The molecule has 0 bridgehead atoms. The Bertz CT molecular complexity index is 886. The average molecular weight is 577 g/mol. The van der Waals surface area contributed by atoms with Crippen molar-refractivity contribution in [2.24, 2.45) is 11.8 Å². The largest absolute Gasteiger partial charge is 0.494 e. The first-order chi connectivity index (χ1) is 20.8. The van der Waals surface area contributed by atoms with Gasteiger partial charge in [-0.3, -0.25) is 0 Å². The molecule has 0 atom stereocenters. The van der Waals surface area contributed by atoms with E-state index in [0.29, 0.717) is 0 Å². The van der Waals surface area contributed by atoms with Gasteiger partial charge in [0.15, 0.2) is 5.82 Å². The van der Waals surface area contributed by atoms with E-state index < -0.39 is 0 Å². The molecule has 1 fully saturated rings. The van der Waals surface area contributed by atoms with Crippen LogP contribution in [0.4, 0.5) is 0 Å². The third kappa shape index (κ3) is 15.0. The third-order valence-electron chi connectivity index (χ3n) is 9.61. The molecule has 1 saturated carbocycles. The Kier molecular flexibility index (Phi) is 18.6. The Morgan fingerprint density at radius 2 is 1.05 bits per heavy atom. The highest BCUT2D eigenvalue weighted by Crippen LogP contribution is 2.34. The Morgan fingerprint density at radius 1 is 0.571 bits per heavy atom. The molecule has 3 heteroatoms. The number of benzene rings is 1. The van der Waals surface area contributed by atoms with E-state index in [-0.39, 0.29) is 0 Å². The van der Waals surface area contributed by atoms with Gasteiger partial charge in [-0.05, 0) is 60.9 Å². The lowest BCUT2D eigenvalue weighted by Crippen LogP contribution is -2.15. The summed E-state index contributed by atoms with van der Waals surface area (Å²) in [5, 5.41) is 0. The van der Waals surface area contributed by atoms with Crippen molar-refractivity contribution in [3.63, 3.8) is 0 Å². The maximum atomic E-state index is 5.98. The van der Waals surface area contributed by atoms with Crippen LogP contribution in [0.3, 0.4) is 0 Å². The Balaban J connectivity index is 1.23. The van der Waals surface area contributed by atoms with Gasteiger partial charge in [0.05, 0.1) is 6.61 Å². The van der Waals surface area contributed by atoms with Crippen LogP contribution in [0.15, 0.2) is 36.7 Å². The van der Waals surface area contributed by atoms with Gasteiger partial charge in [0, 0.05) is 18.0 Å². The molecule has 0 spiro atoms. The van der Waals surface area contributed by atoms with Gasteiger partial charge in [-0.25, -0.2) is 9.97 Å². The molecule has 1 heterocycles. The van der Waals surface area contributed by atoms with Gasteiger partial charge in [-0.15, -0.1) is 0 Å². The molecule has 3 nitrogen and oxygen atoms in total. The van der Waals surface area contributed by atoms with Crippen molar-refractivity contribution >= 4 is 0 Å². The van der Waals surface area contributed by atoms with Crippen LogP contribution >= 0.6 is 0 Å². The van der Waals surface area contributed by atoms with Crippen molar-refractivity contribution in [2.45, 2.75) is 168 Å². The van der Waals surface area contributed by atoms with E-state index in [2.05, 4.69) is 38.1 Å².